The molecule has 0 saturated carbocycles. The van der Waals surface area contributed by atoms with Crippen molar-refractivity contribution < 1.29 is 5.11 Å². The maximum atomic E-state index is 8.75. The van der Waals surface area contributed by atoms with Crippen molar-refractivity contribution in [1.29, 1.82) is 0 Å². The molecule has 92 valence electrons. The van der Waals surface area contributed by atoms with E-state index < -0.39 is 0 Å². The number of hydrogen-bond donors (Lipinski definition) is 2. The molecular formula is C11H21N3OS. The van der Waals surface area contributed by atoms with E-state index in [1.807, 2.05) is 24.2 Å². The summed E-state index contributed by atoms with van der Waals surface area (Å²) in [5, 5.41) is 17.0. The van der Waals surface area contributed by atoms with Gasteiger partial charge >= 0.3 is 0 Å². The molecule has 0 spiro atoms. The molecule has 1 rings (SSSR count). The normalized spacial score (nSPS) is 12.9. The number of aliphatic hydroxyl groups excluding tert-OH is 1. The third-order valence-corrected chi connectivity index (χ3v) is 3.52. The van der Waals surface area contributed by atoms with Crippen LogP contribution in [0.4, 0.5) is 0 Å². The van der Waals surface area contributed by atoms with E-state index in [0.717, 1.165) is 13.1 Å². The van der Waals surface area contributed by atoms with Crippen LogP contribution in [0.2, 0.25) is 0 Å². The number of nitrogens with zero attached hydrogens (tertiary/aromatic N) is 2. The largest absolute Gasteiger partial charge is 0.394 e. The van der Waals surface area contributed by atoms with Gasteiger partial charge in [0.05, 0.1) is 19.3 Å². The lowest BCUT2D eigenvalue weighted by molar-refractivity contribution is 0.269. The first-order valence-electron chi connectivity index (χ1n) is 5.62. The van der Waals surface area contributed by atoms with Crippen molar-refractivity contribution in [2.75, 3.05) is 19.4 Å². The second kappa shape index (κ2) is 7.70. The molecule has 0 fully saturated rings. The summed E-state index contributed by atoms with van der Waals surface area (Å²) in [6.07, 6.45) is 7.15. The Bertz CT molecular complexity index is 291. The van der Waals surface area contributed by atoms with Gasteiger partial charge in [-0.25, -0.2) is 0 Å². The fraction of sp³-hybridized carbons (Fsp3) is 0.727. The Hall–Kier alpha value is -0.520. The van der Waals surface area contributed by atoms with Gasteiger partial charge in [-0.3, -0.25) is 4.68 Å². The first-order chi connectivity index (χ1) is 7.76. The van der Waals surface area contributed by atoms with Crippen LogP contribution >= 0.6 is 11.8 Å². The number of aliphatic hydroxyl groups is 1. The Kier molecular flexibility index (Phi) is 6.52. The fourth-order valence-corrected chi connectivity index (χ4v) is 1.73. The molecule has 0 saturated heterocycles. The molecule has 0 aromatic carbocycles. The predicted molar refractivity (Wildman–Crippen MR) is 68.6 cm³/mol. The van der Waals surface area contributed by atoms with Gasteiger partial charge in [0.25, 0.3) is 0 Å². The molecule has 0 aliphatic rings. The highest BCUT2D eigenvalue weighted by Gasteiger charge is 2.00. The van der Waals surface area contributed by atoms with Crippen LogP contribution in [-0.4, -0.2) is 39.5 Å². The van der Waals surface area contributed by atoms with E-state index in [0.29, 0.717) is 11.8 Å². The zero-order chi connectivity index (χ0) is 11.8. The lowest BCUT2D eigenvalue weighted by Crippen LogP contribution is -2.17. The zero-order valence-corrected chi connectivity index (χ0v) is 10.8. The Labute approximate surface area is 101 Å². The first-order valence-corrected chi connectivity index (χ1v) is 6.90. The maximum Gasteiger partial charge on any atom is 0.0640 e. The van der Waals surface area contributed by atoms with Gasteiger partial charge in [-0.1, -0.05) is 6.92 Å². The number of nitrogens with one attached hydrogen (secondary N) is 1. The fourth-order valence-electron chi connectivity index (χ4n) is 1.38. The average Bonchev–Trinajstić information content (AvgIpc) is 2.72. The summed E-state index contributed by atoms with van der Waals surface area (Å²) in [5.74, 6) is 0. The number of rotatable bonds is 8. The Morgan fingerprint density at radius 3 is 3.12 bits per heavy atom. The van der Waals surface area contributed by atoms with Crippen LogP contribution < -0.4 is 5.32 Å². The van der Waals surface area contributed by atoms with Crippen LogP contribution in [0, 0.1) is 0 Å². The van der Waals surface area contributed by atoms with Gasteiger partial charge in [0.15, 0.2) is 0 Å². The van der Waals surface area contributed by atoms with Gasteiger partial charge in [-0.15, -0.1) is 0 Å². The molecule has 1 unspecified atom stereocenters. The van der Waals surface area contributed by atoms with Crippen molar-refractivity contribution in [3.05, 3.63) is 18.0 Å². The second-order valence-corrected chi connectivity index (χ2v) is 5.12. The molecule has 0 aliphatic carbocycles. The van der Waals surface area contributed by atoms with E-state index in [1.165, 1.54) is 12.0 Å². The van der Waals surface area contributed by atoms with Gasteiger partial charge < -0.3 is 10.4 Å². The number of hydrogen-bond acceptors (Lipinski definition) is 4. The molecule has 1 aromatic heterocycles. The minimum atomic E-state index is 0.139. The molecule has 0 radical (unpaired) electrons. The van der Waals surface area contributed by atoms with E-state index >= 15 is 0 Å². The highest BCUT2D eigenvalue weighted by atomic mass is 32.2. The monoisotopic (exact) mass is 243 g/mol. The molecule has 16 heavy (non-hydrogen) atoms. The summed E-state index contributed by atoms with van der Waals surface area (Å²) in [6.45, 7) is 4.84. The molecule has 0 aliphatic heterocycles. The third-order valence-electron chi connectivity index (χ3n) is 2.47. The van der Waals surface area contributed by atoms with E-state index in [9.17, 15) is 0 Å². The minimum absolute atomic E-state index is 0.139. The summed E-state index contributed by atoms with van der Waals surface area (Å²) in [7, 11) is 0. The van der Waals surface area contributed by atoms with Crippen molar-refractivity contribution in [2.24, 2.45) is 0 Å². The molecule has 4 nitrogen and oxygen atoms in total. The van der Waals surface area contributed by atoms with Crippen LogP contribution in [0.5, 0.6) is 0 Å². The SMILES string of the molecule is CSC(C)CCNCc1cnn(CCO)c1. The molecule has 0 bridgehead atoms. The van der Waals surface area contributed by atoms with Crippen LogP contribution in [-0.2, 0) is 13.1 Å². The van der Waals surface area contributed by atoms with Gasteiger partial charge in [0, 0.05) is 23.6 Å². The lowest BCUT2D eigenvalue weighted by Gasteiger charge is -2.07. The second-order valence-electron chi connectivity index (χ2n) is 3.85. The summed E-state index contributed by atoms with van der Waals surface area (Å²) >= 11 is 1.90. The van der Waals surface area contributed by atoms with Gasteiger partial charge in [0.1, 0.15) is 0 Å². The standard InChI is InChI=1S/C11H21N3OS/c1-10(16-2)3-4-12-7-11-8-13-14(9-11)5-6-15/h8-10,12,15H,3-7H2,1-2H3. The first kappa shape index (κ1) is 13.5. The molecule has 1 heterocycles. The van der Waals surface area contributed by atoms with Crippen LogP contribution in [0.3, 0.4) is 0 Å². The van der Waals surface area contributed by atoms with E-state index in [1.54, 1.807) is 4.68 Å². The topological polar surface area (TPSA) is 50.1 Å². The highest BCUT2D eigenvalue weighted by Crippen LogP contribution is 2.08. The maximum absolute atomic E-state index is 8.75. The van der Waals surface area contributed by atoms with Crippen LogP contribution in [0.15, 0.2) is 12.4 Å². The van der Waals surface area contributed by atoms with Gasteiger partial charge in [-0.2, -0.15) is 16.9 Å². The summed E-state index contributed by atoms with van der Waals surface area (Å²) < 4.78 is 1.77. The smallest absolute Gasteiger partial charge is 0.0640 e. The zero-order valence-electron chi connectivity index (χ0n) is 10.0. The van der Waals surface area contributed by atoms with Crippen molar-refractivity contribution in [3.8, 4) is 0 Å². The lowest BCUT2D eigenvalue weighted by atomic mass is 10.3. The predicted octanol–water partition coefficient (Wildman–Crippen LogP) is 1.11. The minimum Gasteiger partial charge on any atom is -0.394 e. The van der Waals surface area contributed by atoms with E-state index in [-0.39, 0.29) is 6.61 Å². The van der Waals surface area contributed by atoms with E-state index in [2.05, 4.69) is 23.6 Å². The summed E-state index contributed by atoms with van der Waals surface area (Å²) in [6, 6.07) is 0. The number of thioether (sulfide) groups is 1. The van der Waals surface area contributed by atoms with Crippen LogP contribution in [0.25, 0.3) is 0 Å². The quantitative estimate of drug-likeness (QED) is 0.672. The van der Waals surface area contributed by atoms with Crippen molar-refractivity contribution in [3.63, 3.8) is 0 Å². The van der Waals surface area contributed by atoms with Gasteiger partial charge in [-0.05, 0) is 19.2 Å². The summed E-state index contributed by atoms with van der Waals surface area (Å²) in [5.41, 5.74) is 1.17. The van der Waals surface area contributed by atoms with Crippen molar-refractivity contribution >= 4 is 11.8 Å². The average molecular weight is 243 g/mol. The van der Waals surface area contributed by atoms with Crippen molar-refractivity contribution in [2.45, 2.75) is 31.7 Å². The number of aromatic nitrogens is 2. The third kappa shape index (κ3) is 5.01. The summed E-state index contributed by atoms with van der Waals surface area (Å²) in [4.78, 5) is 0. The highest BCUT2D eigenvalue weighted by molar-refractivity contribution is 7.99. The molecule has 0 amide bonds. The molecule has 1 atom stereocenters. The Morgan fingerprint density at radius 2 is 2.44 bits per heavy atom. The molecular weight excluding hydrogens is 222 g/mol. The van der Waals surface area contributed by atoms with Crippen LogP contribution in [0.1, 0.15) is 18.9 Å². The molecule has 1 aromatic rings. The molecule has 5 heteroatoms. The Balaban J connectivity index is 2.16. The van der Waals surface area contributed by atoms with E-state index in [4.69, 9.17) is 5.11 Å². The van der Waals surface area contributed by atoms with Crippen molar-refractivity contribution in [1.82, 2.24) is 15.1 Å². The Morgan fingerprint density at radius 1 is 1.62 bits per heavy atom. The molecule has 2 N–H and O–H groups in total. The van der Waals surface area contributed by atoms with Gasteiger partial charge in [0.2, 0.25) is 0 Å².